The number of hydrogen-bond donors (Lipinski definition) is 0. The molecule has 7 heteroatoms. The third-order valence-corrected chi connectivity index (χ3v) is 2.16. The largest absolute Gasteiger partial charge is 0.367 e. The maximum absolute atomic E-state index is 12.5. The van der Waals surface area contributed by atoms with Crippen LogP contribution in [0.25, 0.3) is 0 Å². The van der Waals surface area contributed by atoms with E-state index in [1.54, 1.807) is 0 Å². The number of rotatable bonds is 3. The fourth-order valence-electron chi connectivity index (χ4n) is 1.14. The molecule has 0 aliphatic rings. The molecule has 0 fully saturated rings. The molecule has 0 N–H and O–H groups in total. The van der Waals surface area contributed by atoms with Crippen molar-refractivity contribution in [2.45, 2.75) is 19.2 Å². The van der Waals surface area contributed by atoms with Crippen molar-refractivity contribution in [3.63, 3.8) is 0 Å². The van der Waals surface area contributed by atoms with E-state index in [4.69, 9.17) is 11.6 Å². The monoisotopic (exact) mass is 236 g/mol. The van der Waals surface area contributed by atoms with Crippen molar-refractivity contribution in [2.24, 2.45) is 0 Å². The van der Waals surface area contributed by atoms with Gasteiger partial charge in [-0.15, -0.1) is 11.6 Å². The van der Waals surface area contributed by atoms with Crippen molar-refractivity contribution < 1.29 is 13.7 Å². The van der Waals surface area contributed by atoms with Gasteiger partial charge >= 0.3 is 5.82 Å². The minimum absolute atomic E-state index is 0.0734. The maximum atomic E-state index is 12.5. The van der Waals surface area contributed by atoms with E-state index in [-0.39, 0.29) is 17.1 Å². The highest BCUT2D eigenvalue weighted by molar-refractivity contribution is 6.16. The van der Waals surface area contributed by atoms with Crippen LogP contribution in [-0.4, -0.2) is 9.91 Å². The van der Waals surface area contributed by atoms with Crippen LogP contribution in [0.15, 0.2) is 6.07 Å². The SMILES string of the molecule is Cc1c(C(F)F)cc(CCl)nc1[N+](=O)[O-]. The molecule has 1 heterocycles. The number of halogens is 3. The number of alkyl halides is 3. The third-order valence-electron chi connectivity index (χ3n) is 1.88. The van der Waals surface area contributed by atoms with Crippen LogP contribution in [0.3, 0.4) is 0 Å². The Bertz CT molecular complexity index is 398. The van der Waals surface area contributed by atoms with Crippen LogP contribution in [0.1, 0.15) is 23.2 Å². The molecule has 0 saturated heterocycles. The van der Waals surface area contributed by atoms with Gasteiger partial charge in [-0.3, -0.25) is 0 Å². The summed E-state index contributed by atoms with van der Waals surface area (Å²) >= 11 is 5.40. The summed E-state index contributed by atoms with van der Waals surface area (Å²) in [6.07, 6.45) is -2.77. The smallest absolute Gasteiger partial charge is 0.358 e. The Morgan fingerprint density at radius 2 is 2.27 bits per heavy atom. The molecule has 0 spiro atoms. The lowest BCUT2D eigenvalue weighted by molar-refractivity contribution is -0.390. The second kappa shape index (κ2) is 4.48. The van der Waals surface area contributed by atoms with E-state index in [2.05, 4.69) is 4.98 Å². The molecule has 82 valence electrons. The standard InChI is InChI=1S/C8H7ClF2N2O2/c1-4-6(7(10)11)2-5(3-9)12-8(4)13(14)15/h2,7H,3H2,1H3. The lowest BCUT2D eigenvalue weighted by Gasteiger charge is -2.05. The first-order chi connectivity index (χ1) is 6.97. The summed E-state index contributed by atoms with van der Waals surface area (Å²) in [5.41, 5.74) is -0.444. The second-order valence-electron chi connectivity index (χ2n) is 2.84. The molecular formula is C8H7ClF2N2O2. The van der Waals surface area contributed by atoms with Crippen molar-refractivity contribution in [1.29, 1.82) is 0 Å². The summed E-state index contributed by atoms with van der Waals surface area (Å²) in [7, 11) is 0. The van der Waals surface area contributed by atoms with Crippen molar-refractivity contribution in [2.75, 3.05) is 0 Å². The molecule has 0 aliphatic carbocycles. The molecule has 4 nitrogen and oxygen atoms in total. The van der Waals surface area contributed by atoms with Gasteiger partial charge in [0.2, 0.25) is 0 Å². The van der Waals surface area contributed by atoms with Gasteiger partial charge in [-0.05, 0) is 22.9 Å². The fourth-order valence-corrected chi connectivity index (χ4v) is 1.28. The van der Waals surface area contributed by atoms with Crippen LogP contribution in [0.5, 0.6) is 0 Å². The molecule has 0 atom stereocenters. The predicted octanol–water partition coefficient (Wildman–Crippen LogP) is 2.97. The van der Waals surface area contributed by atoms with Crippen LogP contribution in [0, 0.1) is 17.0 Å². The van der Waals surface area contributed by atoms with Gasteiger partial charge in [-0.25, -0.2) is 8.78 Å². The van der Waals surface area contributed by atoms with Gasteiger partial charge in [-0.2, -0.15) is 0 Å². The summed E-state index contributed by atoms with van der Waals surface area (Å²) in [4.78, 5) is 13.3. The Balaban J connectivity index is 3.40. The Morgan fingerprint density at radius 1 is 1.67 bits per heavy atom. The molecule has 0 bridgehead atoms. The summed E-state index contributed by atoms with van der Waals surface area (Å²) in [6, 6.07) is 1.08. The Labute approximate surface area is 89.0 Å². The molecular weight excluding hydrogens is 230 g/mol. The Hall–Kier alpha value is -1.30. The zero-order chi connectivity index (χ0) is 11.6. The normalized spacial score (nSPS) is 10.7. The van der Waals surface area contributed by atoms with Crippen molar-refractivity contribution in [3.8, 4) is 0 Å². The van der Waals surface area contributed by atoms with E-state index < -0.39 is 22.7 Å². The molecule has 0 aromatic carbocycles. The molecule has 1 aromatic heterocycles. The minimum atomic E-state index is -2.77. The van der Waals surface area contributed by atoms with E-state index >= 15 is 0 Å². The summed E-state index contributed by atoms with van der Waals surface area (Å²) in [5.74, 6) is -0.704. The topological polar surface area (TPSA) is 56.0 Å². The van der Waals surface area contributed by atoms with E-state index in [1.807, 2.05) is 0 Å². The first kappa shape index (κ1) is 11.8. The average molecular weight is 237 g/mol. The highest BCUT2D eigenvalue weighted by Gasteiger charge is 2.23. The molecule has 1 aromatic rings. The van der Waals surface area contributed by atoms with Crippen LogP contribution < -0.4 is 0 Å². The zero-order valence-corrected chi connectivity index (χ0v) is 8.46. The van der Waals surface area contributed by atoms with E-state index in [0.717, 1.165) is 6.07 Å². The fraction of sp³-hybridized carbons (Fsp3) is 0.375. The molecule has 0 saturated carbocycles. The summed E-state index contributed by atoms with van der Waals surface area (Å²) in [6.45, 7) is 1.24. The maximum Gasteiger partial charge on any atom is 0.367 e. The molecule has 0 radical (unpaired) electrons. The summed E-state index contributed by atoms with van der Waals surface area (Å²) in [5, 5.41) is 10.5. The third kappa shape index (κ3) is 2.38. The van der Waals surface area contributed by atoms with Gasteiger partial charge < -0.3 is 10.1 Å². The van der Waals surface area contributed by atoms with Crippen LogP contribution >= 0.6 is 11.6 Å². The quantitative estimate of drug-likeness (QED) is 0.461. The van der Waals surface area contributed by atoms with Gasteiger partial charge in [-0.1, -0.05) is 0 Å². The van der Waals surface area contributed by atoms with Crippen LogP contribution in [0.2, 0.25) is 0 Å². The first-order valence-corrected chi connectivity index (χ1v) is 4.49. The van der Waals surface area contributed by atoms with Gasteiger partial charge in [0.15, 0.2) is 5.69 Å². The van der Waals surface area contributed by atoms with E-state index in [1.165, 1.54) is 6.92 Å². The van der Waals surface area contributed by atoms with Gasteiger partial charge in [0.25, 0.3) is 6.43 Å². The van der Waals surface area contributed by atoms with Crippen molar-refractivity contribution in [3.05, 3.63) is 33.0 Å². The highest BCUT2D eigenvalue weighted by atomic mass is 35.5. The van der Waals surface area contributed by atoms with Crippen LogP contribution in [-0.2, 0) is 5.88 Å². The number of nitro groups is 1. The minimum Gasteiger partial charge on any atom is -0.358 e. The molecule has 0 amide bonds. The average Bonchev–Trinajstić information content (AvgIpc) is 2.17. The Morgan fingerprint density at radius 3 is 2.67 bits per heavy atom. The molecule has 1 rings (SSSR count). The van der Waals surface area contributed by atoms with E-state index in [9.17, 15) is 18.9 Å². The lowest BCUT2D eigenvalue weighted by Crippen LogP contribution is -2.03. The van der Waals surface area contributed by atoms with Gasteiger partial charge in [0.05, 0.1) is 11.4 Å². The molecule has 0 unspecified atom stereocenters. The highest BCUT2D eigenvalue weighted by Crippen LogP contribution is 2.28. The molecule has 0 aliphatic heterocycles. The lowest BCUT2D eigenvalue weighted by atomic mass is 10.1. The molecule has 15 heavy (non-hydrogen) atoms. The number of hydrogen-bond acceptors (Lipinski definition) is 3. The van der Waals surface area contributed by atoms with Crippen LogP contribution in [0.4, 0.5) is 14.6 Å². The number of aromatic nitrogens is 1. The Kier molecular flexibility index (Phi) is 3.52. The zero-order valence-electron chi connectivity index (χ0n) is 7.71. The number of nitrogens with zero attached hydrogens (tertiary/aromatic N) is 2. The second-order valence-corrected chi connectivity index (χ2v) is 3.11. The van der Waals surface area contributed by atoms with E-state index in [0.29, 0.717) is 0 Å². The first-order valence-electron chi connectivity index (χ1n) is 3.96. The summed E-state index contributed by atoms with van der Waals surface area (Å²) < 4.78 is 25.0. The van der Waals surface area contributed by atoms with Gasteiger partial charge in [0.1, 0.15) is 0 Å². The van der Waals surface area contributed by atoms with Crippen molar-refractivity contribution in [1.82, 2.24) is 4.98 Å². The predicted molar refractivity (Wildman–Crippen MR) is 50.1 cm³/mol. The number of pyridine rings is 1. The van der Waals surface area contributed by atoms with Crippen molar-refractivity contribution >= 4 is 17.4 Å². The van der Waals surface area contributed by atoms with Gasteiger partial charge in [0, 0.05) is 5.56 Å².